The fourth-order valence-corrected chi connectivity index (χ4v) is 3.05. The maximum Gasteiger partial charge on any atom is 0.305 e. The summed E-state index contributed by atoms with van der Waals surface area (Å²) in [7, 11) is 0. The highest BCUT2D eigenvalue weighted by Crippen LogP contribution is 2.29. The number of aliphatic carboxylic acids is 1. The number of hydrogen-bond donors (Lipinski definition) is 2. The van der Waals surface area contributed by atoms with E-state index in [0.29, 0.717) is 6.54 Å². The van der Waals surface area contributed by atoms with Gasteiger partial charge >= 0.3 is 5.97 Å². The summed E-state index contributed by atoms with van der Waals surface area (Å²) in [5, 5.41) is 8.83. The predicted octanol–water partition coefficient (Wildman–Crippen LogP) is 0.579. The van der Waals surface area contributed by atoms with Crippen LogP contribution in [0.2, 0.25) is 0 Å². The number of nitrogens with two attached hydrogens (primary N) is 1. The van der Waals surface area contributed by atoms with Crippen LogP contribution in [-0.2, 0) is 9.59 Å². The molecular weight excluding hydrogens is 220 g/mol. The second-order valence-corrected chi connectivity index (χ2v) is 5.13. The Hall–Kier alpha value is -1.10. The van der Waals surface area contributed by atoms with Crippen LogP contribution >= 0.6 is 0 Å². The van der Waals surface area contributed by atoms with E-state index in [2.05, 4.69) is 0 Å². The molecular formula is C12H20N2O3. The van der Waals surface area contributed by atoms with Crippen LogP contribution in [-0.4, -0.2) is 40.5 Å². The van der Waals surface area contributed by atoms with Crippen molar-refractivity contribution in [3.05, 3.63) is 0 Å². The molecule has 2 fully saturated rings. The van der Waals surface area contributed by atoms with Crippen molar-refractivity contribution >= 4 is 11.9 Å². The van der Waals surface area contributed by atoms with Crippen molar-refractivity contribution in [1.82, 2.24) is 4.90 Å². The average Bonchev–Trinajstić information content (AvgIpc) is 2.85. The highest BCUT2D eigenvalue weighted by Gasteiger charge is 2.38. The first-order valence-corrected chi connectivity index (χ1v) is 6.37. The van der Waals surface area contributed by atoms with Crippen molar-refractivity contribution in [3.8, 4) is 0 Å². The van der Waals surface area contributed by atoms with Crippen molar-refractivity contribution in [1.29, 1.82) is 0 Å². The number of carboxylic acids is 1. The number of carbonyl (C=O) groups excluding carboxylic acids is 1. The molecule has 3 atom stereocenters. The van der Waals surface area contributed by atoms with Gasteiger partial charge in [0.1, 0.15) is 0 Å². The summed E-state index contributed by atoms with van der Waals surface area (Å²) < 4.78 is 0. The zero-order valence-electron chi connectivity index (χ0n) is 9.97. The van der Waals surface area contributed by atoms with Gasteiger partial charge in [0.05, 0.1) is 12.3 Å². The van der Waals surface area contributed by atoms with Gasteiger partial charge < -0.3 is 15.7 Å². The Morgan fingerprint density at radius 2 is 2.00 bits per heavy atom. The Labute approximate surface area is 101 Å². The SMILES string of the molecule is NC1CCCC1C(=O)N1CCCC1CC(=O)O. The second kappa shape index (κ2) is 5.04. The van der Waals surface area contributed by atoms with Crippen LogP contribution in [0.3, 0.4) is 0 Å². The quantitative estimate of drug-likeness (QED) is 0.755. The fourth-order valence-electron chi connectivity index (χ4n) is 3.05. The van der Waals surface area contributed by atoms with Gasteiger partial charge in [-0.3, -0.25) is 9.59 Å². The van der Waals surface area contributed by atoms with E-state index in [1.165, 1.54) is 0 Å². The van der Waals surface area contributed by atoms with Gasteiger partial charge in [-0.2, -0.15) is 0 Å². The van der Waals surface area contributed by atoms with Gasteiger partial charge in [-0.15, -0.1) is 0 Å². The Morgan fingerprint density at radius 3 is 2.59 bits per heavy atom. The molecule has 1 heterocycles. The Bertz CT molecular complexity index is 319. The van der Waals surface area contributed by atoms with Crippen molar-refractivity contribution in [2.45, 2.75) is 50.6 Å². The van der Waals surface area contributed by atoms with Gasteiger partial charge in [-0.25, -0.2) is 0 Å². The number of carboxylic acid groups (broad SMARTS) is 1. The molecule has 0 bridgehead atoms. The zero-order valence-corrected chi connectivity index (χ0v) is 9.97. The van der Waals surface area contributed by atoms with Crippen LogP contribution in [0.25, 0.3) is 0 Å². The summed E-state index contributed by atoms with van der Waals surface area (Å²) in [6.45, 7) is 0.694. The maximum atomic E-state index is 12.3. The van der Waals surface area contributed by atoms with E-state index in [9.17, 15) is 9.59 Å². The summed E-state index contributed by atoms with van der Waals surface area (Å²) >= 11 is 0. The van der Waals surface area contributed by atoms with Gasteiger partial charge in [-0.05, 0) is 25.7 Å². The van der Waals surface area contributed by atoms with E-state index in [4.69, 9.17) is 10.8 Å². The Kier molecular flexibility index (Phi) is 3.66. The minimum Gasteiger partial charge on any atom is -0.481 e. The van der Waals surface area contributed by atoms with Crippen LogP contribution in [0.1, 0.15) is 38.5 Å². The van der Waals surface area contributed by atoms with Crippen molar-refractivity contribution in [2.75, 3.05) is 6.54 Å². The largest absolute Gasteiger partial charge is 0.481 e. The minimum atomic E-state index is -0.828. The molecule has 5 heteroatoms. The van der Waals surface area contributed by atoms with Crippen molar-refractivity contribution in [2.24, 2.45) is 11.7 Å². The topological polar surface area (TPSA) is 83.6 Å². The highest BCUT2D eigenvalue weighted by atomic mass is 16.4. The van der Waals surface area contributed by atoms with E-state index < -0.39 is 5.97 Å². The molecule has 0 aromatic rings. The highest BCUT2D eigenvalue weighted by molar-refractivity contribution is 5.81. The second-order valence-electron chi connectivity index (χ2n) is 5.13. The Balaban J connectivity index is 2.00. The van der Waals surface area contributed by atoms with Crippen LogP contribution in [0.5, 0.6) is 0 Å². The molecule has 2 rings (SSSR count). The molecule has 3 unspecified atom stereocenters. The molecule has 17 heavy (non-hydrogen) atoms. The third kappa shape index (κ3) is 2.60. The molecule has 0 radical (unpaired) electrons. The summed E-state index contributed by atoms with van der Waals surface area (Å²) in [5.74, 6) is -0.825. The number of likely N-dealkylation sites (tertiary alicyclic amines) is 1. The van der Waals surface area contributed by atoms with E-state index in [1.807, 2.05) is 0 Å². The molecule has 1 aliphatic heterocycles. The maximum absolute atomic E-state index is 12.3. The summed E-state index contributed by atoms with van der Waals surface area (Å²) in [4.78, 5) is 24.8. The van der Waals surface area contributed by atoms with Gasteiger partial charge in [-0.1, -0.05) is 6.42 Å². The molecule has 5 nitrogen and oxygen atoms in total. The third-order valence-corrected chi connectivity index (χ3v) is 3.96. The van der Waals surface area contributed by atoms with Gasteiger partial charge in [0, 0.05) is 18.6 Å². The first kappa shape index (κ1) is 12.4. The first-order valence-electron chi connectivity index (χ1n) is 6.37. The molecule has 0 aromatic heterocycles. The van der Waals surface area contributed by atoms with Crippen LogP contribution in [0.15, 0.2) is 0 Å². The van der Waals surface area contributed by atoms with Crippen molar-refractivity contribution in [3.63, 3.8) is 0 Å². The van der Waals surface area contributed by atoms with E-state index in [1.54, 1.807) is 4.90 Å². The number of amides is 1. The minimum absolute atomic E-state index is 0.0337. The lowest BCUT2D eigenvalue weighted by molar-refractivity contribution is -0.141. The average molecular weight is 240 g/mol. The smallest absolute Gasteiger partial charge is 0.305 e. The van der Waals surface area contributed by atoms with Gasteiger partial charge in [0.2, 0.25) is 5.91 Å². The third-order valence-electron chi connectivity index (χ3n) is 3.96. The number of hydrogen-bond acceptors (Lipinski definition) is 3. The molecule has 1 saturated carbocycles. The summed E-state index contributed by atoms with van der Waals surface area (Å²) in [5.41, 5.74) is 5.93. The summed E-state index contributed by atoms with van der Waals surface area (Å²) in [6, 6.07) is -0.152. The molecule has 3 N–H and O–H groups in total. The first-order chi connectivity index (χ1) is 8.09. The predicted molar refractivity (Wildman–Crippen MR) is 62.3 cm³/mol. The van der Waals surface area contributed by atoms with Crippen molar-refractivity contribution < 1.29 is 14.7 Å². The van der Waals surface area contributed by atoms with Gasteiger partial charge in [0.15, 0.2) is 0 Å². The molecule has 1 aliphatic carbocycles. The molecule has 1 amide bonds. The standard InChI is InChI=1S/C12H20N2O3/c13-10-5-1-4-9(10)12(17)14-6-2-3-8(14)7-11(15)16/h8-10H,1-7,13H2,(H,15,16). The molecule has 2 aliphatic rings. The zero-order chi connectivity index (χ0) is 12.4. The lowest BCUT2D eigenvalue weighted by Crippen LogP contribution is -2.44. The molecule has 0 spiro atoms. The number of nitrogens with zero attached hydrogens (tertiary/aromatic N) is 1. The lowest BCUT2D eigenvalue weighted by atomic mass is 10.0. The Morgan fingerprint density at radius 1 is 1.24 bits per heavy atom. The van der Waals surface area contributed by atoms with Crippen LogP contribution in [0.4, 0.5) is 0 Å². The molecule has 96 valence electrons. The van der Waals surface area contributed by atoms with Gasteiger partial charge in [0.25, 0.3) is 0 Å². The normalized spacial score (nSPS) is 33.0. The molecule has 0 aromatic carbocycles. The van der Waals surface area contributed by atoms with E-state index in [0.717, 1.165) is 32.1 Å². The summed E-state index contributed by atoms with van der Waals surface area (Å²) in [6.07, 6.45) is 4.55. The van der Waals surface area contributed by atoms with E-state index >= 15 is 0 Å². The monoisotopic (exact) mass is 240 g/mol. The molecule has 1 saturated heterocycles. The van der Waals surface area contributed by atoms with E-state index in [-0.39, 0.29) is 30.3 Å². The number of rotatable bonds is 3. The fraction of sp³-hybridized carbons (Fsp3) is 0.833. The lowest BCUT2D eigenvalue weighted by Gasteiger charge is -2.28. The van der Waals surface area contributed by atoms with Crippen LogP contribution < -0.4 is 5.73 Å². The van der Waals surface area contributed by atoms with Crippen LogP contribution in [0, 0.1) is 5.92 Å². The number of carbonyl (C=O) groups is 2.